The predicted molar refractivity (Wildman–Crippen MR) is 123 cm³/mol. The molecular weight excluding hydrogens is 394 g/mol. The summed E-state index contributed by atoms with van der Waals surface area (Å²) in [6.07, 6.45) is 3.77. The summed E-state index contributed by atoms with van der Waals surface area (Å²) < 4.78 is 1.17. The summed E-state index contributed by atoms with van der Waals surface area (Å²) in [7, 11) is 0. The fourth-order valence-electron chi connectivity index (χ4n) is 4.37. The molecule has 0 N–H and O–H groups in total. The first-order valence-corrected chi connectivity index (χ1v) is 11.6. The van der Waals surface area contributed by atoms with E-state index in [0.29, 0.717) is 0 Å². The summed E-state index contributed by atoms with van der Waals surface area (Å²) in [4.78, 5) is 29.9. The first-order chi connectivity index (χ1) is 14.7. The summed E-state index contributed by atoms with van der Waals surface area (Å²) in [5.74, 6) is 2.98. The van der Waals surface area contributed by atoms with Gasteiger partial charge in [-0.1, -0.05) is 18.2 Å². The van der Waals surface area contributed by atoms with Crippen LogP contribution in [0.3, 0.4) is 0 Å². The van der Waals surface area contributed by atoms with Crippen LogP contribution in [0.15, 0.2) is 36.4 Å². The lowest BCUT2D eigenvalue weighted by Crippen LogP contribution is -2.49. The molecule has 1 amide bonds. The quantitative estimate of drug-likeness (QED) is 0.641. The molecule has 4 heterocycles. The lowest BCUT2D eigenvalue weighted by Gasteiger charge is -2.36. The summed E-state index contributed by atoms with van der Waals surface area (Å²) in [5, 5.41) is 1.14. The Morgan fingerprint density at radius 1 is 0.867 bits per heavy atom. The third-order valence-electron chi connectivity index (χ3n) is 6.02. The number of anilines is 2. The molecule has 0 bridgehead atoms. The van der Waals surface area contributed by atoms with Crippen molar-refractivity contribution in [3.63, 3.8) is 0 Å². The summed E-state index contributed by atoms with van der Waals surface area (Å²) in [6, 6.07) is 12.3. The first kappa shape index (κ1) is 19.3. The smallest absolute Gasteiger partial charge is 0.264 e. The van der Waals surface area contributed by atoms with Crippen LogP contribution >= 0.6 is 11.3 Å². The van der Waals surface area contributed by atoms with Gasteiger partial charge in [-0.05, 0) is 43.7 Å². The van der Waals surface area contributed by atoms with E-state index >= 15 is 0 Å². The van der Waals surface area contributed by atoms with Crippen molar-refractivity contribution in [1.82, 2.24) is 14.9 Å². The van der Waals surface area contributed by atoms with Crippen molar-refractivity contribution >= 4 is 39.0 Å². The molecule has 7 heteroatoms. The molecule has 6 nitrogen and oxygen atoms in total. The second-order valence-corrected chi connectivity index (χ2v) is 9.19. The number of carbonyl (C=O) groups excluding carboxylic acids is 1. The molecule has 2 fully saturated rings. The minimum atomic E-state index is 0.142. The van der Waals surface area contributed by atoms with Crippen LogP contribution in [0.1, 0.15) is 34.8 Å². The number of piperidine rings is 1. The fraction of sp³-hybridized carbons (Fsp3) is 0.435. The maximum atomic E-state index is 13.0. The molecule has 0 atom stereocenters. The van der Waals surface area contributed by atoms with Crippen molar-refractivity contribution in [3.05, 3.63) is 47.1 Å². The number of rotatable bonds is 3. The van der Waals surface area contributed by atoms with Crippen molar-refractivity contribution in [3.8, 4) is 0 Å². The summed E-state index contributed by atoms with van der Waals surface area (Å²) >= 11 is 1.58. The van der Waals surface area contributed by atoms with Gasteiger partial charge in [0.15, 0.2) is 0 Å². The van der Waals surface area contributed by atoms with Gasteiger partial charge in [-0.3, -0.25) is 4.79 Å². The zero-order valence-electron chi connectivity index (χ0n) is 17.4. The van der Waals surface area contributed by atoms with Gasteiger partial charge in [0.25, 0.3) is 5.91 Å². The van der Waals surface area contributed by atoms with Gasteiger partial charge in [0.1, 0.15) is 17.5 Å². The Kier molecular flexibility index (Phi) is 5.29. The number of carbonyl (C=O) groups is 1. The molecule has 0 saturated carbocycles. The van der Waals surface area contributed by atoms with Crippen LogP contribution in [0.25, 0.3) is 10.1 Å². The molecule has 0 unspecified atom stereocenters. The maximum absolute atomic E-state index is 13.0. The van der Waals surface area contributed by atoms with E-state index in [1.807, 2.05) is 30.0 Å². The molecule has 0 spiro atoms. The number of nitrogens with zero attached hydrogens (tertiary/aromatic N) is 5. The Morgan fingerprint density at radius 2 is 1.53 bits per heavy atom. The van der Waals surface area contributed by atoms with Gasteiger partial charge < -0.3 is 14.7 Å². The predicted octanol–water partition coefficient (Wildman–Crippen LogP) is 3.95. The van der Waals surface area contributed by atoms with Crippen molar-refractivity contribution in [2.75, 3.05) is 49.1 Å². The molecule has 0 radical (unpaired) electrons. The highest BCUT2D eigenvalue weighted by atomic mass is 32.1. The van der Waals surface area contributed by atoms with Crippen LogP contribution in [0, 0.1) is 6.92 Å². The molecule has 30 heavy (non-hydrogen) atoms. The Balaban J connectivity index is 1.27. The van der Waals surface area contributed by atoms with E-state index in [1.54, 1.807) is 11.3 Å². The van der Waals surface area contributed by atoms with Gasteiger partial charge in [0.2, 0.25) is 0 Å². The second kappa shape index (κ2) is 8.22. The van der Waals surface area contributed by atoms with E-state index in [0.717, 1.165) is 67.0 Å². The molecule has 5 rings (SSSR count). The Hall–Kier alpha value is -2.67. The van der Waals surface area contributed by atoms with Gasteiger partial charge in [-0.15, -0.1) is 11.3 Å². The molecule has 0 aliphatic carbocycles. The number of amides is 1. The molecule has 2 aromatic heterocycles. The Bertz CT molecular complexity index is 1020. The molecule has 2 aliphatic heterocycles. The average molecular weight is 422 g/mol. The standard InChI is InChI=1S/C23H27N5OS/c1-17-24-21(26-9-5-2-6-10-26)16-22(25-17)27-11-13-28(14-12-27)23(29)20-15-18-7-3-4-8-19(18)30-20/h3-4,7-8,15-16H,2,5-6,9-14H2,1H3. The highest BCUT2D eigenvalue weighted by molar-refractivity contribution is 7.20. The molecule has 1 aromatic carbocycles. The summed E-state index contributed by atoms with van der Waals surface area (Å²) in [5.41, 5.74) is 0. The van der Waals surface area contributed by atoms with E-state index < -0.39 is 0 Å². The van der Waals surface area contributed by atoms with Crippen molar-refractivity contribution < 1.29 is 4.79 Å². The van der Waals surface area contributed by atoms with Gasteiger partial charge in [-0.25, -0.2) is 9.97 Å². The van der Waals surface area contributed by atoms with Gasteiger partial charge in [0.05, 0.1) is 4.88 Å². The fourth-order valence-corrected chi connectivity index (χ4v) is 5.40. The zero-order valence-corrected chi connectivity index (χ0v) is 18.2. The maximum Gasteiger partial charge on any atom is 0.264 e. The third-order valence-corrected chi connectivity index (χ3v) is 7.12. The number of aryl methyl sites for hydroxylation is 1. The normalized spacial score (nSPS) is 17.6. The van der Waals surface area contributed by atoms with Crippen LogP contribution in [-0.4, -0.2) is 60.0 Å². The van der Waals surface area contributed by atoms with Crippen LogP contribution in [-0.2, 0) is 0 Å². The number of piperazine rings is 1. The van der Waals surface area contributed by atoms with Gasteiger partial charge in [-0.2, -0.15) is 0 Å². The number of hydrogen-bond donors (Lipinski definition) is 0. The number of benzene rings is 1. The van der Waals surface area contributed by atoms with Crippen molar-refractivity contribution in [2.45, 2.75) is 26.2 Å². The SMILES string of the molecule is Cc1nc(N2CCCCC2)cc(N2CCN(C(=O)c3cc4ccccc4s3)CC2)n1. The average Bonchev–Trinajstić information content (AvgIpc) is 3.23. The molecular formula is C23H27N5OS. The van der Waals surface area contributed by atoms with Crippen molar-refractivity contribution in [2.24, 2.45) is 0 Å². The van der Waals surface area contributed by atoms with Gasteiger partial charge >= 0.3 is 0 Å². The monoisotopic (exact) mass is 421 g/mol. The molecule has 3 aromatic rings. The first-order valence-electron chi connectivity index (χ1n) is 10.8. The lowest BCUT2D eigenvalue weighted by atomic mass is 10.1. The minimum absolute atomic E-state index is 0.142. The van der Waals surface area contributed by atoms with E-state index in [-0.39, 0.29) is 5.91 Å². The second-order valence-electron chi connectivity index (χ2n) is 8.11. The Labute approximate surface area is 181 Å². The minimum Gasteiger partial charge on any atom is -0.356 e. The van der Waals surface area contributed by atoms with Crippen LogP contribution in [0.2, 0.25) is 0 Å². The highest BCUT2D eigenvalue weighted by Crippen LogP contribution is 2.27. The third kappa shape index (κ3) is 3.86. The lowest BCUT2D eigenvalue weighted by molar-refractivity contribution is 0.0751. The Morgan fingerprint density at radius 3 is 2.23 bits per heavy atom. The zero-order chi connectivity index (χ0) is 20.5. The molecule has 2 aliphatic rings. The van der Waals surface area contributed by atoms with Crippen LogP contribution in [0.5, 0.6) is 0 Å². The number of aromatic nitrogens is 2. The topological polar surface area (TPSA) is 52.6 Å². The molecule has 2 saturated heterocycles. The largest absolute Gasteiger partial charge is 0.356 e. The van der Waals surface area contributed by atoms with Crippen LogP contribution in [0.4, 0.5) is 11.6 Å². The van der Waals surface area contributed by atoms with E-state index in [9.17, 15) is 4.79 Å². The van der Waals surface area contributed by atoms with Crippen molar-refractivity contribution in [1.29, 1.82) is 0 Å². The van der Waals surface area contributed by atoms with Crippen LogP contribution < -0.4 is 9.80 Å². The van der Waals surface area contributed by atoms with E-state index in [2.05, 4.69) is 33.0 Å². The van der Waals surface area contributed by atoms with E-state index in [4.69, 9.17) is 4.98 Å². The number of fused-ring (bicyclic) bond motifs is 1. The van der Waals surface area contributed by atoms with E-state index in [1.165, 1.54) is 24.0 Å². The highest BCUT2D eigenvalue weighted by Gasteiger charge is 2.25. The van der Waals surface area contributed by atoms with Gasteiger partial charge in [0, 0.05) is 50.0 Å². The number of thiophene rings is 1. The molecule has 156 valence electrons. The summed E-state index contributed by atoms with van der Waals surface area (Å²) in [6.45, 7) is 7.16. The number of hydrogen-bond acceptors (Lipinski definition) is 6.